The summed E-state index contributed by atoms with van der Waals surface area (Å²) < 4.78 is 5.24. The van der Waals surface area contributed by atoms with Crippen LogP contribution in [0.2, 0.25) is 0 Å². The van der Waals surface area contributed by atoms with E-state index in [4.69, 9.17) is 14.6 Å². The number of amides is 1. The van der Waals surface area contributed by atoms with Crippen molar-refractivity contribution in [1.82, 2.24) is 10.2 Å². The van der Waals surface area contributed by atoms with Crippen molar-refractivity contribution in [3.63, 3.8) is 0 Å². The van der Waals surface area contributed by atoms with Crippen molar-refractivity contribution in [3.8, 4) is 0 Å². The second-order valence-electron chi connectivity index (χ2n) is 4.74. The molecule has 1 aliphatic heterocycles. The van der Waals surface area contributed by atoms with Crippen molar-refractivity contribution < 1.29 is 19.4 Å². The first-order valence-corrected chi connectivity index (χ1v) is 5.60. The average Bonchev–Trinajstić information content (AvgIpc) is 2.15. The summed E-state index contributed by atoms with van der Waals surface area (Å²) in [6.07, 6.45) is -0.200. The van der Waals surface area contributed by atoms with E-state index in [1.54, 1.807) is 4.90 Å². The molecule has 0 spiro atoms. The number of rotatable bonds is 0. The van der Waals surface area contributed by atoms with Gasteiger partial charge in [-0.1, -0.05) is 0 Å². The first kappa shape index (κ1) is 19.6. The molecule has 1 fully saturated rings. The van der Waals surface area contributed by atoms with Crippen LogP contribution in [-0.4, -0.2) is 72.7 Å². The number of carbonyl (C=O) groups is 2. The zero-order valence-electron chi connectivity index (χ0n) is 10.9. The summed E-state index contributed by atoms with van der Waals surface area (Å²) >= 11 is 0. The predicted octanol–water partition coefficient (Wildman–Crippen LogP) is 0.269. The second-order valence-corrected chi connectivity index (χ2v) is 4.74. The van der Waals surface area contributed by atoms with Gasteiger partial charge in [0.2, 0.25) is 0 Å². The summed E-state index contributed by atoms with van der Waals surface area (Å²) in [5.41, 5.74) is -0.387. The van der Waals surface area contributed by atoms with Gasteiger partial charge in [-0.05, 0) is 20.8 Å². The van der Waals surface area contributed by atoms with E-state index in [9.17, 15) is 4.79 Å². The predicted molar refractivity (Wildman–Crippen MR) is 71.1 cm³/mol. The molecule has 18 heavy (non-hydrogen) atoms. The van der Waals surface area contributed by atoms with E-state index in [0.717, 1.165) is 33.1 Å². The summed E-state index contributed by atoms with van der Waals surface area (Å²) in [4.78, 5) is 22.2. The van der Waals surface area contributed by atoms with Crippen molar-refractivity contribution >= 4 is 30.9 Å². The van der Waals surface area contributed by atoms with Crippen LogP contribution >= 0.6 is 0 Å². The zero-order chi connectivity index (χ0) is 13.5. The molecule has 0 bridgehead atoms. The van der Waals surface area contributed by atoms with E-state index in [1.807, 2.05) is 20.8 Å². The van der Waals surface area contributed by atoms with E-state index in [1.165, 1.54) is 0 Å². The molecule has 0 atom stereocenters. The number of aliphatic carboxylic acids is 1. The number of carboxylic acid groups (broad SMARTS) is 1. The topological polar surface area (TPSA) is 78.9 Å². The van der Waals surface area contributed by atoms with Crippen LogP contribution in [0, 0.1) is 0 Å². The third-order valence-electron chi connectivity index (χ3n) is 1.77. The van der Waals surface area contributed by atoms with E-state index >= 15 is 0 Å². The Labute approximate surface area is 120 Å². The Bertz CT molecular complexity index is 256. The number of hydrogen-bond donors (Lipinski definition) is 2. The molecule has 7 heteroatoms. The Hall–Kier alpha value is -0.703. The van der Waals surface area contributed by atoms with Gasteiger partial charge in [0.1, 0.15) is 5.60 Å². The molecule has 1 aliphatic rings. The Morgan fingerprint density at radius 3 is 1.94 bits per heavy atom. The van der Waals surface area contributed by atoms with Crippen LogP contribution in [-0.2, 0) is 9.53 Å². The third-order valence-corrected chi connectivity index (χ3v) is 1.77. The van der Waals surface area contributed by atoms with Crippen LogP contribution in [0.5, 0.6) is 0 Å². The van der Waals surface area contributed by atoms with Gasteiger partial charge in [-0.25, -0.2) is 4.79 Å². The van der Waals surface area contributed by atoms with Gasteiger partial charge in [0.15, 0.2) is 0 Å². The third kappa shape index (κ3) is 11.8. The molecule has 2 N–H and O–H groups in total. The Morgan fingerprint density at radius 2 is 1.61 bits per heavy atom. The fourth-order valence-corrected chi connectivity index (χ4v) is 1.17. The summed E-state index contributed by atoms with van der Waals surface area (Å²) in [6.45, 7) is 9.94. The number of nitrogens with one attached hydrogen (secondary N) is 1. The quantitative estimate of drug-likeness (QED) is 0.607. The summed E-state index contributed by atoms with van der Waals surface area (Å²) in [7, 11) is 0. The monoisotopic (exact) mass is 254 g/mol. The Balaban J connectivity index is 0. The molecule has 1 rings (SSSR count). The Kier molecular flexibility index (Phi) is 10.1. The number of hydrogen-bond acceptors (Lipinski definition) is 4. The molecule has 1 saturated heterocycles. The summed E-state index contributed by atoms with van der Waals surface area (Å²) in [5.74, 6) is -0.833. The van der Waals surface area contributed by atoms with Crippen molar-refractivity contribution in [3.05, 3.63) is 0 Å². The van der Waals surface area contributed by atoms with Crippen LogP contribution in [0.1, 0.15) is 27.7 Å². The van der Waals surface area contributed by atoms with Crippen molar-refractivity contribution in [2.45, 2.75) is 33.3 Å². The van der Waals surface area contributed by atoms with Crippen LogP contribution in [0.3, 0.4) is 0 Å². The first-order valence-electron chi connectivity index (χ1n) is 5.60. The molecule has 1 heterocycles. The maximum atomic E-state index is 11.5. The molecule has 0 radical (unpaired) electrons. The second kappa shape index (κ2) is 9.26. The van der Waals surface area contributed by atoms with Gasteiger partial charge in [-0.3, -0.25) is 4.79 Å². The Morgan fingerprint density at radius 1 is 1.22 bits per heavy atom. The van der Waals surface area contributed by atoms with Crippen molar-refractivity contribution in [2.24, 2.45) is 0 Å². The summed E-state index contributed by atoms with van der Waals surface area (Å²) in [5, 5.41) is 10.6. The van der Waals surface area contributed by atoms with Gasteiger partial charge < -0.3 is 20.1 Å². The molecule has 0 aromatic heterocycles. The number of nitrogens with zero attached hydrogens (tertiary/aromatic N) is 1. The molecule has 0 aliphatic carbocycles. The van der Waals surface area contributed by atoms with Crippen LogP contribution in [0.4, 0.5) is 4.79 Å². The van der Waals surface area contributed by atoms with E-state index in [0.29, 0.717) is 0 Å². The molecule has 1 amide bonds. The van der Waals surface area contributed by atoms with Gasteiger partial charge in [-0.15, -0.1) is 0 Å². The van der Waals surface area contributed by atoms with Gasteiger partial charge in [0.05, 0.1) is 0 Å². The minimum absolute atomic E-state index is 0. The van der Waals surface area contributed by atoms with E-state index in [-0.39, 0.29) is 30.6 Å². The average molecular weight is 254 g/mol. The molecule has 0 saturated carbocycles. The molecule has 102 valence electrons. The standard InChI is InChI=1S/C9H18N2O2.C2H4O2.Li.H/c1-9(2,3)13-8(12)11-6-4-10-5-7-11;1-2(3)4;;/h10H,4-7H2,1-3H3;1H3,(H,3,4);;. The summed E-state index contributed by atoms with van der Waals surface area (Å²) in [6, 6.07) is 0. The van der Waals surface area contributed by atoms with Gasteiger partial charge in [0, 0.05) is 33.1 Å². The van der Waals surface area contributed by atoms with E-state index in [2.05, 4.69) is 5.32 Å². The van der Waals surface area contributed by atoms with E-state index < -0.39 is 5.97 Å². The minimum atomic E-state index is -0.833. The van der Waals surface area contributed by atoms with Crippen LogP contribution in [0.15, 0.2) is 0 Å². The fourth-order valence-electron chi connectivity index (χ4n) is 1.17. The van der Waals surface area contributed by atoms with Gasteiger partial charge in [0.25, 0.3) is 5.97 Å². The number of carboxylic acids is 1. The molecular weight excluding hydrogens is 231 g/mol. The van der Waals surface area contributed by atoms with Crippen molar-refractivity contribution in [2.75, 3.05) is 26.2 Å². The molecule has 6 nitrogen and oxygen atoms in total. The number of piperazine rings is 1. The molecule has 0 aromatic carbocycles. The fraction of sp³-hybridized carbons (Fsp3) is 0.818. The number of carbonyl (C=O) groups excluding carboxylic acids is 1. The molecule has 0 aromatic rings. The van der Waals surface area contributed by atoms with Crippen LogP contribution < -0.4 is 5.32 Å². The van der Waals surface area contributed by atoms with Crippen LogP contribution in [0.25, 0.3) is 0 Å². The molecule has 0 unspecified atom stereocenters. The number of ether oxygens (including phenoxy) is 1. The van der Waals surface area contributed by atoms with Gasteiger partial charge >= 0.3 is 25.0 Å². The van der Waals surface area contributed by atoms with Gasteiger partial charge in [-0.2, -0.15) is 0 Å². The normalized spacial score (nSPS) is 14.8. The SMILES string of the molecule is CC(=O)O.CC(C)(C)OC(=O)N1CCNCC1.[LiH]. The zero-order valence-corrected chi connectivity index (χ0v) is 10.9. The first-order chi connectivity index (χ1) is 7.72. The maximum absolute atomic E-state index is 11.5. The molecular formula is C11H23LiN2O4. The van der Waals surface area contributed by atoms with Crippen molar-refractivity contribution in [1.29, 1.82) is 0 Å².